The number of aliphatic imine (C=N–C) groups is 1. The molecule has 0 aromatic heterocycles. The van der Waals surface area contributed by atoms with E-state index < -0.39 is 35.4 Å². The van der Waals surface area contributed by atoms with E-state index in [1.165, 1.54) is 7.11 Å². The monoisotopic (exact) mass is 427 g/mol. The lowest BCUT2D eigenvalue weighted by atomic mass is 10.1. The molecule has 9 nitrogen and oxygen atoms in total. The molecule has 0 spiro atoms. The average molecular weight is 428 g/mol. The summed E-state index contributed by atoms with van der Waals surface area (Å²) in [6, 6.07) is -1.21. The van der Waals surface area contributed by atoms with Gasteiger partial charge in [0.25, 0.3) is 0 Å². The molecule has 0 saturated carbocycles. The van der Waals surface area contributed by atoms with E-state index in [0.29, 0.717) is 23.7 Å². The number of rotatable bonds is 7. The molecule has 9 heteroatoms. The molecule has 2 N–H and O–H groups in total. The lowest BCUT2D eigenvalue weighted by molar-refractivity contribution is -0.146. The van der Waals surface area contributed by atoms with Gasteiger partial charge in [0.2, 0.25) is 0 Å². The molecule has 0 fully saturated rings. The zero-order valence-corrected chi connectivity index (χ0v) is 19.7. The molecule has 0 aliphatic heterocycles. The number of ether oxygens (including phenoxy) is 3. The predicted molar refractivity (Wildman–Crippen MR) is 115 cm³/mol. The van der Waals surface area contributed by atoms with Crippen LogP contribution in [-0.4, -0.2) is 59.8 Å². The van der Waals surface area contributed by atoms with Gasteiger partial charge in [0.05, 0.1) is 19.5 Å². The van der Waals surface area contributed by atoms with Crippen molar-refractivity contribution in [1.82, 2.24) is 4.90 Å². The number of amidine groups is 1. The number of esters is 1. The molecule has 172 valence electrons. The van der Waals surface area contributed by atoms with E-state index >= 15 is 0 Å². The Bertz CT molecular complexity index is 639. The highest BCUT2D eigenvalue weighted by Gasteiger charge is 2.40. The quantitative estimate of drug-likeness (QED) is 0.216. The molecule has 1 atom stereocenters. The maximum atomic E-state index is 12.8. The van der Waals surface area contributed by atoms with Gasteiger partial charge in [0.1, 0.15) is 17.2 Å². The Kier molecular flexibility index (Phi) is 10.6. The van der Waals surface area contributed by atoms with E-state index in [2.05, 4.69) is 4.99 Å². The highest BCUT2D eigenvalue weighted by atomic mass is 16.6. The van der Waals surface area contributed by atoms with E-state index in [9.17, 15) is 14.4 Å². The molecule has 0 aliphatic rings. The van der Waals surface area contributed by atoms with Crippen molar-refractivity contribution in [3.8, 4) is 0 Å². The van der Waals surface area contributed by atoms with Crippen LogP contribution in [0.25, 0.3) is 0 Å². The van der Waals surface area contributed by atoms with Crippen LogP contribution in [0.1, 0.15) is 68.2 Å². The highest BCUT2D eigenvalue weighted by molar-refractivity contribution is 5.94. The average Bonchev–Trinajstić information content (AvgIpc) is 2.54. The molecular weight excluding hydrogens is 390 g/mol. The number of hydrogen-bond acceptors (Lipinski definition) is 7. The largest absolute Gasteiger partial charge is 0.467 e. The fourth-order valence-corrected chi connectivity index (χ4v) is 2.24. The Morgan fingerprint density at radius 1 is 1.00 bits per heavy atom. The van der Waals surface area contributed by atoms with E-state index in [0.717, 1.165) is 5.57 Å². The van der Waals surface area contributed by atoms with Crippen LogP contribution < -0.4 is 5.73 Å². The normalized spacial score (nSPS) is 14.0. The maximum Gasteiger partial charge on any atom is 0.420 e. The number of carbonyl (C=O) groups is 3. The molecule has 0 heterocycles. The SMILES string of the molecule is COC(=O)[C@H](CC/C=C(\C)CN=C(C)N)N(C(=O)OC(C)(C)C)C(=O)OC(C)(C)C. The van der Waals surface area contributed by atoms with Crippen molar-refractivity contribution in [2.24, 2.45) is 10.7 Å². The summed E-state index contributed by atoms with van der Waals surface area (Å²) in [6.07, 6.45) is 0.443. The van der Waals surface area contributed by atoms with Gasteiger partial charge in [-0.1, -0.05) is 11.6 Å². The number of nitrogens with two attached hydrogens (primary N) is 1. The Labute approximate surface area is 179 Å². The zero-order valence-electron chi connectivity index (χ0n) is 19.7. The first-order valence-corrected chi connectivity index (χ1v) is 9.82. The van der Waals surface area contributed by atoms with Crippen molar-refractivity contribution in [3.05, 3.63) is 11.6 Å². The fourth-order valence-electron chi connectivity index (χ4n) is 2.24. The molecular formula is C21H37N3O6. The second-order valence-corrected chi connectivity index (χ2v) is 8.96. The fraction of sp³-hybridized carbons (Fsp3) is 0.714. The Morgan fingerprint density at radius 2 is 1.47 bits per heavy atom. The lowest BCUT2D eigenvalue weighted by Gasteiger charge is -2.32. The van der Waals surface area contributed by atoms with Crippen molar-refractivity contribution < 1.29 is 28.6 Å². The second kappa shape index (κ2) is 11.6. The topological polar surface area (TPSA) is 121 Å². The number of methoxy groups -OCH3 is 1. The predicted octanol–water partition coefficient (Wildman–Crippen LogP) is 3.80. The van der Waals surface area contributed by atoms with Crippen LogP contribution in [0, 0.1) is 0 Å². The molecule has 0 aromatic rings. The highest BCUT2D eigenvalue weighted by Crippen LogP contribution is 2.20. The summed E-state index contributed by atoms with van der Waals surface area (Å²) in [5, 5.41) is 0. The van der Waals surface area contributed by atoms with Crippen molar-refractivity contribution >= 4 is 24.0 Å². The minimum absolute atomic E-state index is 0.133. The van der Waals surface area contributed by atoms with Gasteiger partial charge < -0.3 is 19.9 Å². The van der Waals surface area contributed by atoms with Crippen molar-refractivity contribution in [2.75, 3.05) is 13.7 Å². The molecule has 2 amide bonds. The van der Waals surface area contributed by atoms with Gasteiger partial charge >= 0.3 is 18.2 Å². The summed E-state index contributed by atoms with van der Waals surface area (Å²) in [4.78, 5) is 42.8. The van der Waals surface area contributed by atoms with Gasteiger partial charge in [-0.15, -0.1) is 0 Å². The second-order valence-electron chi connectivity index (χ2n) is 8.96. The summed E-state index contributed by atoms with van der Waals surface area (Å²) in [5.74, 6) is -0.273. The molecule has 0 saturated heterocycles. The molecule has 0 rings (SSSR count). The van der Waals surface area contributed by atoms with Gasteiger partial charge in [0, 0.05) is 0 Å². The number of imide groups is 1. The van der Waals surface area contributed by atoms with Crippen molar-refractivity contribution in [2.45, 2.75) is 85.5 Å². The first-order valence-electron chi connectivity index (χ1n) is 9.82. The minimum atomic E-state index is -1.21. The summed E-state index contributed by atoms with van der Waals surface area (Å²) in [6.45, 7) is 14.0. The van der Waals surface area contributed by atoms with Crippen LogP contribution in [0.5, 0.6) is 0 Å². The zero-order chi connectivity index (χ0) is 23.7. The Hall–Kier alpha value is -2.58. The van der Waals surface area contributed by atoms with Gasteiger partial charge in [-0.2, -0.15) is 4.90 Å². The van der Waals surface area contributed by atoms with Crippen LogP contribution >= 0.6 is 0 Å². The van der Waals surface area contributed by atoms with E-state index in [4.69, 9.17) is 19.9 Å². The maximum absolute atomic E-state index is 12.8. The summed E-state index contributed by atoms with van der Waals surface area (Å²) < 4.78 is 15.5. The number of nitrogens with zero attached hydrogens (tertiary/aromatic N) is 2. The minimum Gasteiger partial charge on any atom is -0.467 e. The van der Waals surface area contributed by atoms with E-state index in [-0.39, 0.29) is 6.42 Å². The molecule has 0 aliphatic carbocycles. The van der Waals surface area contributed by atoms with Gasteiger partial charge in [0.15, 0.2) is 0 Å². The smallest absolute Gasteiger partial charge is 0.420 e. The summed E-state index contributed by atoms with van der Waals surface area (Å²) in [7, 11) is 1.19. The molecule has 0 aromatic carbocycles. The third kappa shape index (κ3) is 11.4. The van der Waals surface area contributed by atoms with Crippen LogP contribution in [0.15, 0.2) is 16.6 Å². The van der Waals surface area contributed by atoms with Crippen molar-refractivity contribution in [1.29, 1.82) is 0 Å². The van der Waals surface area contributed by atoms with Gasteiger partial charge in [-0.25, -0.2) is 14.4 Å². The van der Waals surface area contributed by atoms with Gasteiger partial charge in [-0.3, -0.25) is 4.99 Å². The third-order valence-corrected chi connectivity index (χ3v) is 3.48. The number of allylic oxidation sites excluding steroid dienone is 1. The molecule has 30 heavy (non-hydrogen) atoms. The molecule has 0 radical (unpaired) electrons. The van der Waals surface area contributed by atoms with Crippen molar-refractivity contribution in [3.63, 3.8) is 0 Å². The van der Waals surface area contributed by atoms with Crippen LogP contribution in [0.2, 0.25) is 0 Å². The molecule has 0 unspecified atom stereocenters. The standard InChI is InChI=1S/C21H37N3O6/c1-14(13-23-15(2)22)11-10-12-16(17(25)28-9)24(18(26)29-20(3,4)5)19(27)30-21(6,7)8/h11,16H,10,12-13H2,1-9H3,(H2,22,23)/b14-11+/t16-/m0/s1. The van der Waals surface area contributed by atoms with Crippen LogP contribution in [0.4, 0.5) is 9.59 Å². The van der Waals surface area contributed by atoms with E-state index in [1.807, 2.05) is 13.0 Å². The number of hydrogen-bond donors (Lipinski definition) is 1. The number of carbonyl (C=O) groups excluding carboxylic acids is 3. The van der Waals surface area contributed by atoms with Gasteiger partial charge in [-0.05, 0) is 68.2 Å². The Balaban J connectivity index is 5.75. The molecule has 0 bridgehead atoms. The third-order valence-electron chi connectivity index (χ3n) is 3.48. The lowest BCUT2D eigenvalue weighted by Crippen LogP contribution is -2.52. The van der Waals surface area contributed by atoms with E-state index in [1.54, 1.807) is 48.5 Å². The first kappa shape index (κ1) is 27.4. The summed E-state index contributed by atoms with van der Waals surface area (Å²) in [5.41, 5.74) is 4.73. The summed E-state index contributed by atoms with van der Waals surface area (Å²) >= 11 is 0. The number of amides is 2. The first-order chi connectivity index (χ1) is 13.6. The Morgan fingerprint density at radius 3 is 1.83 bits per heavy atom. The van der Waals surface area contributed by atoms with Crippen LogP contribution in [0.3, 0.4) is 0 Å². The van der Waals surface area contributed by atoms with Crippen LogP contribution in [-0.2, 0) is 19.0 Å².